The normalized spacial score (nSPS) is 24.1. The fraction of sp³-hybridized carbons (Fsp3) is 0.368. The van der Waals surface area contributed by atoms with Crippen molar-refractivity contribution in [3.63, 3.8) is 0 Å². The van der Waals surface area contributed by atoms with Crippen molar-refractivity contribution in [2.24, 2.45) is 11.8 Å². The molecule has 4 aromatic rings. The largest absolute Gasteiger partial charge is 0.508 e. The Balaban J connectivity index is 1.31. The molecule has 3 aliphatic rings. The summed E-state index contributed by atoms with van der Waals surface area (Å²) in [5.41, 5.74) is 5.54. The molecule has 0 aliphatic carbocycles. The number of aromatic hydroxyl groups is 2. The summed E-state index contributed by atoms with van der Waals surface area (Å²) in [4.78, 5) is 0. The minimum absolute atomic E-state index is 0.00365. The first-order valence-electron chi connectivity index (χ1n) is 15.4. The average Bonchev–Trinajstić information content (AvgIpc) is 3.38. The van der Waals surface area contributed by atoms with Gasteiger partial charge in [-0.3, -0.25) is 0 Å². The van der Waals surface area contributed by atoms with Gasteiger partial charge in [0.1, 0.15) is 34.2 Å². The van der Waals surface area contributed by atoms with Crippen molar-refractivity contribution in [2.45, 2.75) is 76.8 Å². The molecule has 222 valence electrons. The van der Waals surface area contributed by atoms with E-state index in [0.717, 1.165) is 47.9 Å². The van der Waals surface area contributed by atoms with Gasteiger partial charge in [0.05, 0.1) is 12.2 Å². The van der Waals surface area contributed by atoms with Gasteiger partial charge in [-0.15, -0.1) is 0 Å². The molecule has 0 amide bonds. The minimum Gasteiger partial charge on any atom is -0.508 e. The number of ether oxygens (including phenoxy) is 3. The van der Waals surface area contributed by atoms with Crippen molar-refractivity contribution in [2.75, 3.05) is 0 Å². The monoisotopic (exact) mass is 576 g/mol. The molecule has 1 saturated heterocycles. The SMILES string of the molecule is CC1(C)Oc2cc(O)cc(CCc3ccccc3)c2C2OC3c4c(CCc5ccccc5)cc(O)cc4OC(C)(C)C3C21. The van der Waals surface area contributed by atoms with Crippen LogP contribution in [-0.4, -0.2) is 21.4 Å². The molecule has 43 heavy (non-hydrogen) atoms. The predicted molar refractivity (Wildman–Crippen MR) is 167 cm³/mol. The molecule has 4 atom stereocenters. The van der Waals surface area contributed by atoms with Crippen LogP contribution in [0.4, 0.5) is 0 Å². The van der Waals surface area contributed by atoms with Crippen LogP contribution in [0.1, 0.15) is 73.3 Å². The topological polar surface area (TPSA) is 68.2 Å². The lowest BCUT2D eigenvalue weighted by molar-refractivity contribution is -0.0693. The number of benzene rings is 4. The van der Waals surface area contributed by atoms with Gasteiger partial charge in [-0.2, -0.15) is 0 Å². The molecule has 4 unspecified atom stereocenters. The molecule has 0 radical (unpaired) electrons. The third-order valence-electron chi connectivity index (χ3n) is 9.73. The van der Waals surface area contributed by atoms with Crippen LogP contribution in [0.25, 0.3) is 0 Å². The van der Waals surface area contributed by atoms with Crippen LogP contribution in [0.15, 0.2) is 84.9 Å². The van der Waals surface area contributed by atoms with Crippen molar-refractivity contribution in [3.05, 3.63) is 118 Å². The highest BCUT2D eigenvalue weighted by atomic mass is 16.6. The van der Waals surface area contributed by atoms with Crippen LogP contribution < -0.4 is 9.47 Å². The molecule has 1 fully saturated rings. The molecule has 3 heterocycles. The Morgan fingerprint density at radius 3 is 1.35 bits per heavy atom. The van der Waals surface area contributed by atoms with Gasteiger partial charge in [0, 0.05) is 35.1 Å². The van der Waals surface area contributed by atoms with Crippen molar-refractivity contribution in [1.82, 2.24) is 0 Å². The lowest BCUT2D eigenvalue weighted by Crippen LogP contribution is -2.54. The lowest BCUT2D eigenvalue weighted by Gasteiger charge is -2.49. The minimum atomic E-state index is -0.569. The first kappa shape index (κ1) is 27.8. The number of rotatable bonds is 6. The second-order valence-electron chi connectivity index (χ2n) is 13.4. The highest BCUT2D eigenvalue weighted by molar-refractivity contribution is 5.54. The highest BCUT2D eigenvalue weighted by Crippen LogP contribution is 2.65. The van der Waals surface area contributed by atoms with Gasteiger partial charge in [-0.05, 0) is 87.8 Å². The van der Waals surface area contributed by atoms with Crippen molar-refractivity contribution < 1.29 is 24.4 Å². The van der Waals surface area contributed by atoms with Crippen LogP contribution in [0.2, 0.25) is 0 Å². The molecule has 7 rings (SSSR count). The van der Waals surface area contributed by atoms with Crippen molar-refractivity contribution in [3.8, 4) is 23.0 Å². The molecule has 0 spiro atoms. The predicted octanol–water partition coefficient (Wildman–Crippen LogP) is 8.06. The Labute approximate surface area is 254 Å². The van der Waals surface area contributed by atoms with E-state index in [1.54, 1.807) is 12.1 Å². The summed E-state index contributed by atoms with van der Waals surface area (Å²) in [6.45, 7) is 8.52. The summed E-state index contributed by atoms with van der Waals surface area (Å²) in [7, 11) is 0. The summed E-state index contributed by atoms with van der Waals surface area (Å²) >= 11 is 0. The molecule has 4 aromatic carbocycles. The van der Waals surface area contributed by atoms with E-state index in [2.05, 4.69) is 76.2 Å². The standard InChI is InChI=1S/C38H40O5/c1-37(2)33-34-36(32-26(18-16-24-13-9-6-10-14-24)20-28(40)22-30(32)43-38(34,3)4)41-35(33)31-25(19-27(39)21-29(31)42-37)17-15-23-11-7-5-8-12-23/h5-14,19-22,33-36,39-40H,15-18H2,1-4H3. The highest BCUT2D eigenvalue weighted by Gasteiger charge is 2.63. The van der Waals surface area contributed by atoms with Gasteiger partial charge in [0.15, 0.2) is 0 Å². The molecule has 3 aliphatic heterocycles. The van der Waals surface area contributed by atoms with Crippen LogP contribution in [0.5, 0.6) is 23.0 Å². The van der Waals surface area contributed by atoms with E-state index in [4.69, 9.17) is 14.2 Å². The van der Waals surface area contributed by atoms with Gasteiger partial charge < -0.3 is 24.4 Å². The maximum Gasteiger partial charge on any atom is 0.129 e. The van der Waals surface area contributed by atoms with Crippen molar-refractivity contribution in [1.29, 1.82) is 0 Å². The van der Waals surface area contributed by atoms with Crippen LogP contribution in [-0.2, 0) is 30.4 Å². The Hall–Kier alpha value is -3.96. The summed E-state index contributed by atoms with van der Waals surface area (Å²) in [5, 5.41) is 21.5. The fourth-order valence-electron chi connectivity index (χ4n) is 7.91. The first-order valence-corrected chi connectivity index (χ1v) is 15.4. The Morgan fingerprint density at radius 1 is 0.558 bits per heavy atom. The lowest BCUT2D eigenvalue weighted by atomic mass is 9.65. The van der Waals surface area contributed by atoms with E-state index in [9.17, 15) is 10.2 Å². The average molecular weight is 577 g/mol. The van der Waals surface area contributed by atoms with Gasteiger partial charge in [0.25, 0.3) is 0 Å². The van der Waals surface area contributed by atoms with E-state index < -0.39 is 11.2 Å². The summed E-state index contributed by atoms with van der Waals surface area (Å²) in [6, 6.07) is 28.1. The van der Waals surface area contributed by atoms with Gasteiger partial charge in [-0.1, -0.05) is 60.7 Å². The first-order chi connectivity index (χ1) is 20.6. The molecule has 0 bridgehead atoms. The maximum absolute atomic E-state index is 10.7. The number of phenols is 2. The van der Waals surface area contributed by atoms with E-state index in [1.807, 2.05) is 24.3 Å². The molecule has 5 heteroatoms. The Bertz CT molecular complexity index is 1520. The molecular weight excluding hydrogens is 536 g/mol. The van der Waals surface area contributed by atoms with Crippen LogP contribution in [0, 0.1) is 11.8 Å². The number of aryl methyl sites for hydroxylation is 4. The zero-order chi connectivity index (χ0) is 29.9. The van der Waals surface area contributed by atoms with Gasteiger partial charge in [-0.25, -0.2) is 0 Å². The third-order valence-corrected chi connectivity index (χ3v) is 9.73. The smallest absolute Gasteiger partial charge is 0.129 e. The molecule has 0 aromatic heterocycles. The summed E-state index contributed by atoms with van der Waals surface area (Å²) < 4.78 is 20.7. The third kappa shape index (κ3) is 4.94. The second-order valence-corrected chi connectivity index (χ2v) is 13.4. The zero-order valence-corrected chi connectivity index (χ0v) is 25.3. The second kappa shape index (κ2) is 10.3. The van der Waals surface area contributed by atoms with Gasteiger partial charge in [0.2, 0.25) is 0 Å². The zero-order valence-electron chi connectivity index (χ0n) is 25.3. The quantitative estimate of drug-likeness (QED) is 0.243. The van der Waals surface area contributed by atoms with Crippen molar-refractivity contribution >= 4 is 0 Å². The van der Waals surface area contributed by atoms with E-state index in [-0.39, 0.29) is 35.5 Å². The molecule has 2 N–H and O–H groups in total. The number of hydrogen-bond acceptors (Lipinski definition) is 5. The fourth-order valence-corrected chi connectivity index (χ4v) is 7.91. The van der Waals surface area contributed by atoms with E-state index in [1.165, 1.54) is 11.1 Å². The Morgan fingerprint density at radius 2 is 0.953 bits per heavy atom. The summed E-state index contributed by atoms with van der Waals surface area (Å²) in [5.74, 6) is 1.81. The van der Waals surface area contributed by atoms with Crippen LogP contribution >= 0.6 is 0 Å². The molecule has 0 saturated carbocycles. The van der Waals surface area contributed by atoms with E-state index >= 15 is 0 Å². The van der Waals surface area contributed by atoms with Gasteiger partial charge >= 0.3 is 0 Å². The number of fused-ring (bicyclic) bond motifs is 7. The van der Waals surface area contributed by atoms with Crippen LogP contribution in [0.3, 0.4) is 0 Å². The maximum atomic E-state index is 10.7. The molecular formula is C38H40O5. The Kier molecular flexibility index (Phi) is 6.70. The summed E-state index contributed by atoms with van der Waals surface area (Å²) in [6.07, 6.45) is 2.77. The molecule has 5 nitrogen and oxygen atoms in total. The number of phenolic OH excluding ortho intramolecular Hbond substituents is 2. The van der Waals surface area contributed by atoms with E-state index in [0.29, 0.717) is 11.5 Å². The number of hydrogen-bond donors (Lipinski definition) is 2.